The summed E-state index contributed by atoms with van der Waals surface area (Å²) in [5.41, 5.74) is 0.286. The van der Waals surface area contributed by atoms with Crippen LogP contribution in [-0.2, 0) is 4.74 Å². The van der Waals surface area contributed by atoms with Crippen LogP contribution in [0.15, 0.2) is 6.20 Å². The highest BCUT2D eigenvalue weighted by atomic mass is 35.5. The maximum Gasteiger partial charge on any atom is 0.274 e. The number of amides is 1. The Bertz CT molecular complexity index is 479. The second-order valence-electron chi connectivity index (χ2n) is 5.00. The first-order valence-corrected chi connectivity index (χ1v) is 6.79. The number of carbonyl (C=O) groups is 1. The van der Waals surface area contributed by atoms with Crippen LogP contribution >= 0.6 is 11.6 Å². The summed E-state index contributed by atoms with van der Waals surface area (Å²) in [6.07, 6.45) is 1.50. The van der Waals surface area contributed by atoms with Crippen molar-refractivity contribution in [3.8, 4) is 0 Å². The minimum atomic E-state index is -0.148. The lowest BCUT2D eigenvalue weighted by atomic mass is 10.2. The van der Waals surface area contributed by atoms with Gasteiger partial charge in [-0.25, -0.2) is 9.97 Å². The summed E-state index contributed by atoms with van der Waals surface area (Å²) >= 11 is 6.06. The second kappa shape index (κ2) is 5.84. The molecule has 5 nitrogen and oxygen atoms in total. The fourth-order valence-corrected chi connectivity index (χ4v) is 2.15. The van der Waals surface area contributed by atoms with E-state index in [1.165, 1.54) is 6.20 Å². The molecule has 1 aliphatic rings. The van der Waals surface area contributed by atoms with Gasteiger partial charge in [0.15, 0.2) is 5.69 Å². The first kappa shape index (κ1) is 14.2. The maximum absolute atomic E-state index is 12.5. The molecule has 1 aromatic rings. The van der Waals surface area contributed by atoms with Crippen molar-refractivity contribution < 1.29 is 9.53 Å². The molecule has 0 aliphatic carbocycles. The summed E-state index contributed by atoms with van der Waals surface area (Å²) < 4.78 is 5.33. The van der Waals surface area contributed by atoms with Crippen molar-refractivity contribution in [3.63, 3.8) is 0 Å². The molecule has 0 bridgehead atoms. The highest BCUT2D eigenvalue weighted by molar-refractivity contribution is 6.33. The van der Waals surface area contributed by atoms with Gasteiger partial charge in [0, 0.05) is 12.5 Å². The zero-order valence-electron chi connectivity index (χ0n) is 11.4. The zero-order valence-corrected chi connectivity index (χ0v) is 12.1. The maximum atomic E-state index is 12.5. The molecule has 0 saturated carbocycles. The lowest BCUT2D eigenvalue weighted by Gasteiger charge is -2.33. The number of hydrogen-bond acceptors (Lipinski definition) is 4. The van der Waals surface area contributed by atoms with Crippen LogP contribution in [0.5, 0.6) is 0 Å². The van der Waals surface area contributed by atoms with E-state index in [2.05, 4.69) is 9.97 Å². The summed E-state index contributed by atoms with van der Waals surface area (Å²) in [5, 5.41) is 0.299. The van der Waals surface area contributed by atoms with Gasteiger partial charge in [-0.05, 0) is 6.92 Å². The Morgan fingerprint density at radius 3 is 2.95 bits per heavy atom. The van der Waals surface area contributed by atoms with E-state index in [1.807, 2.05) is 20.8 Å². The Labute approximate surface area is 117 Å². The predicted octanol–water partition coefficient (Wildman–Crippen LogP) is 2.11. The third kappa shape index (κ3) is 3.04. The molecule has 1 amide bonds. The molecular formula is C13H18ClN3O2. The summed E-state index contributed by atoms with van der Waals surface area (Å²) in [4.78, 5) is 22.7. The van der Waals surface area contributed by atoms with Gasteiger partial charge in [-0.1, -0.05) is 25.4 Å². The number of carbonyl (C=O) groups excluding carboxylic acids is 1. The predicted molar refractivity (Wildman–Crippen MR) is 72.4 cm³/mol. The molecule has 0 unspecified atom stereocenters. The van der Waals surface area contributed by atoms with Gasteiger partial charge in [0.25, 0.3) is 5.91 Å². The Morgan fingerprint density at radius 2 is 2.32 bits per heavy atom. The van der Waals surface area contributed by atoms with Crippen LogP contribution in [0.1, 0.15) is 43.0 Å². The number of aromatic nitrogens is 2. The Morgan fingerprint density at radius 1 is 1.58 bits per heavy atom. The van der Waals surface area contributed by atoms with E-state index in [9.17, 15) is 4.79 Å². The van der Waals surface area contributed by atoms with Crippen molar-refractivity contribution in [1.29, 1.82) is 0 Å². The summed E-state index contributed by atoms with van der Waals surface area (Å²) in [6.45, 7) is 7.58. The third-order valence-electron chi connectivity index (χ3n) is 3.11. The van der Waals surface area contributed by atoms with E-state index in [1.54, 1.807) is 4.90 Å². The molecule has 0 aromatic carbocycles. The molecule has 0 spiro atoms. The third-order valence-corrected chi connectivity index (χ3v) is 3.39. The number of nitrogens with zero attached hydrogens (tertiary/aromatic N) is 3. The molecule has 19 heavy (non-hydrogen) atoms. The Balaban J connectivity index is 2.29. The number of rotatable bonds is 2. The van der Waals surface area contributed by atoms with E-state index in [0.29, 0.717) is 30.6 Å². The van der Waals surface area contributed by atoms with Crippen molar-refractivity contribution in [3.05, 3.63) is 22.7 Å². The standard InChI is InChI=1S/C13H18ClN3O2/c1-8(2)12-15-6-10(14)11(16-12)13(18)17-4-5-19-7-9(17)3/h6,8-9H,4-5,7H2,1-3H3/t9-/m1/s1. The summed E-state index contributed by atoms with van der Waals surface area (Å²) in [5.74, 6) is 0.643. The molecule has 1 saturated heterocycles. The van der Waals surface area contributed by atoms with Crippen LogP contribution in [0.3, 0.4) is 0 Å². The summed E-state index contributed by atoms with van der Waals surface area (Å²) in [7, 11) is 0. The fraction of sp³-hybridized carbons (Fsp3) is 0.615. The average molecular weight is 284 g/mol. The molecule has 2 heterocycles. The zero-order chi connectivity index (χ0) is 14.0. The molecule has 1 fully saturated rings. The van der Waals surface area contributed by atoms with E-state index in [-0.39, 0.29) is 23.6 Å². The van der Waals surface area contributed by atoms with Gasteiger partial charge < -0.3 is 9.64 Å². The van der Waals surface area contributed by atoms with Gasteiger partial charge in [0.05, 0.1) is 30.5 Å². The van der Waals surface area contributed by atoms with Crippen molar-refractivity contribution in [2.75, 3.05) is 19.8 Å². The number of morpholine rings is 1. The molecule has 104 valence electrons. The normalized spacial score (nSPS) is 19.8. The molecule has 1 aliphatic heterocycles. The topological polar surface area (TPSA) is 55.3 Å². The monoisotopic (exact) mass is 283 g/mol. The lowest BCUT2D eigenvalue weighted by molar-refractivity contribution is 0.00325. The van der Waals surface area contributed by atoms with Crippen molar-refractivity contribution in [2.24, 2.45) is 0 Å². The first-order chi connectivity index (χ1) is 9.00. The lowest BCUT2D eigenvalue weighted by Crippen LogP contribution is -2.47. The van der Waals surface area contributed by atoms with Gasteiger partial charge in [-0.3, -0.25) is 4.79 Å². The second-order valence-corrected chi connectivity index (χ2v) is 5.41. The molecule has 0 radical (unpaired) electrons. The Kier molecular flexibility index (Phi) is 4.37. The van der Waals surface area contributed by atoms with Crippen molar-refractivity contribution >= 4 is 17.5 Å². The van der Waals surface area contributed by atoms with Crippen molar-refractivity contribution in [1.82, 2.24) is 14.9 Å². The highest BCUT2D eigenvalue weighted by Gasteiger charge is 2.27. The molecule has 0 N–H and O–H groups in total. The van der Waals surface area contributed by atoms with Crippen LogP contribution in [0.25, 0.3) is 0 Å². The molecule has 1 aromatic heterocycles. The van der Waals surface area contributed by atoms with Crippen LogP contribution < -0.4 is 0 Å². The largest absolute Gasteiger partial charge is 0.377 e. The average Bonchev–Trinajstić information content (AvgIpc) is 2.38. The highest BCUT2D eigenvalue weighted by Crippen LogP contribution is 2.19. The van der Waals surface area contributed by atoms with E-state index >= 15 is 0 Å². The number of ether oxygens (including phenoxy) is 1. The molecule has 1 atom stereocenters. The van der Waals surface area contributed by atoms with Crippen LogP contribution in [-0.4, -0.2) is 46.6 Å². The summed E-state index contributed by atoms with van der Waals surface area (Å²) in [6, 6.07) is 0.0368. The quantitative estimate of drug-likeness (QED) is 0.834. The first-order valence-electron chi connectivity index (χ1n) is 6.42. The van der Waals surface area contributed by atoms with Gasteiger partial charge >= 0.3 is 0 Å². The smallest absolute Gasteiger partial charge is 0.274 e. The molecular weight excluding hydrogens is 266 g/mol. The van der Waals surface area contributed by atoms with E-state index in [0.717, 1.165) is 0 Å². The van der Waals surface area contributed by atoms with Crippen LogP contribution in [0, 0.1) is 0 Å². The minimum absolute atomic E-state index is 0.0368. The Hall–Kier alpha value is -1.20. The fourth-order valence-electron chi connectivity index (χ4n) is 1.97. The number of halogens is 1. The number of hydrogen-bond donors (Lipinski definition) is 0. The van der Waals surface area contributed by atoms with Gasteiger partial charge in [-0.15, -0.1) is 0 Å². The van der Waals surface area contributed by atoms with Crippen LogP contribution in [0.4, 0.5) is 0 Å². The van der Waals surface area contributed by atoms with E-state index in [4.69, 9.17) is 16.3 Å². The van der Waals surface area contributed by atoms with Gasteiger partial charge in [-0.2, -0.15) is 0 Å². The van der Waals surface area contributed by atoms with Crippen molar-refractivity contribution in [2.45, 2.75) is 32.7 Å². The van der Waals surface area contributed by atoms with Gasteiger partial charge in [0.2, 0.25) is 0 Å². The molecule has 2 rings (SSSR count). The SMILES string of the molecule is CC(C)c1ncc(Cl)c(C(=O)N2CCOC[C@H]2C)n1. The van der Waals surface area contributed by atoms with E-state index < -0.39 is 0 Å². The molecule has 6 heteroatoms. The minimum Gasteiger partial charge on any atom is -0.377 e. The van der Waals surface area contributed by atoms with Gasteiger partial charge in [0.1, 0.15) is 5.82 Å². The van der Waals surface area contributed by atoms with Crippen LogP contribution in [0.2, 0.25) is 5.02 Å².